The van der Waals surface area contributed by atoms with Gasteiger partial charge in [-0.15, -0.1) is 22.7 Å². The lowest BCUT2D eigenvalue weighted by Crippen LogP contribution is -2.26. The van der Waals surface area contributed by atoms with E-state index >= 15 is 4.57 Å². The summed E-state index contributed by atoms with van der Waals surface area (Å²) in [4.78, 5) is 0. The fraction of sp³-hybridized carbons (Fsp3) is 0.0588. The Balaban J connectivity index is 1.12. The van der Waals surface area contributed by atoms with Crippen LogP contribution in [0.2, 0.25) is 0 Å². The molecule has 0 saturated heterocycles. The maximum absolute atomic E-state index is 16.6. The fourth-order valence-corrected chi connectivity index (χ4v) is 14.4. The van der Waals surface area contributed by atoms with Crippen molar-refractivity contribution in [2.75, 3.05) is 0 Å². The Kier molecular flexibility index (Phi) is 6.49. The smallest absolute Gasteiger partial charge is 0.171 e. The molecular weight excluding hydrogens is 724 g/mol. The Morgan fingerprint density at radius 2 is 0.764 bits per heavy atom. The van der Waals surface area contributed by atoms with Crippen molar-refractivity contribution in [1.29, 1.82) is 0 Å². The van der Waals surface area contributed by atoms with Crippen LogP contribution in [0.5, 0.6) is 0 Å². The van der Waals surface area contributed by atoms with Crippen molar-refractivity contribution in [3.05, 3.63) is 175 Å². The first-order valence-electron chi connectivity index (χ1n) is 18.8. The Labute approximate surface area is 326 Å². The van der Waals surface area contributed by atoms with Gasteiger partial charge in [0.1, 0.15) is 0 Å². The molecule has 2 heterocycles. The van der Waals surface area contributed by atoms with E-state index in [1.165, 1.54) is 94.9 Å². The average Bonchev–Trinajstić information content (AvgIpc) is 3.87. The van der Waals surface area contributed by atoms with Crippen LogP contribution in [0.25, 0.3) is 83.8 Å². The molecule has 2 aromatic heterocycles. The van der Waals surface area contributed by atoms with Crippen molar-refractivity contribution in [2.45, 2.75) is 19.3 Å². The highest BCUT2D eigenvalue weighted by Gasteiger charge is 2.39. The van der Waals surface area contributed by atoms with E-state index in [-0.39, 0.29) is 5.41 Å². The number of fused-ring (bicyclic) bond motifs is 15. The van der Waals surface area contributed by atoms with Crippen molar-refractivity contribution in [2.24, 2.45) is 0 Å². The lowest BCUT2D eigenvalue weighted by molar-refractivity contribution is 0.592. The number of benzene rings is 9. The highest BCUT2D eigenvalue weighted by molar-refractivity contribution is 7.85. The van der Waals surface area contributed by atoms with Crippen LogP contribution in [0.15, 0.2) is 164 Å². The van der Waals surface area contributed by atoms with Crippen molar-refractivity contribution in [1.82, 2.24) is 0 Å². The summed E-state index contributed by atoms with van der Waals surface area (Å²) in [6.07, 6.45) is 0. The molecule has 1 aliphatic rings. The van der Waals surface area contributed by atoms with Crippen LogP contribution in [0, 0.1) is 0 Å². The van der Waals surface area contributed by atoms with E-state index in [0.717, 1.165) is 15.9 Å². The molecule has 12 rings (SSSR count). The van der Waals surface area contributed by atoms with Gasteiger partial charge in [0.2, 0.25) is 0 Å². The average molecular weight is 757 g/mol. The van der Waals surface area contributed by atoms with Crippen LogP contribution in [0.4, 0.5) is 0 Å². The molecule has 11 aromatic rings. The van der Waals surface area contributed by atoms with Crippen LogP contribution in [0.3, 0.4) is 0 Å². The minimum atomic E-state index is -3.38. The van der Waals surface area contributed by atoms with Crippen molar-refractivity contribution in [3.63, 3.8) is 0 Å². The van der Waals surface area contributed by atoms with Gasteiger partial charge in [0.25, 0.3) is 0 Å². The fourth-order valence-electron chi connectivity index (χ4n) is 9.58. The van der Waals surface area contributed by atoms with E-state index in [0.29, 0.717) is 0 Å². The third-order valence-electron chi connectivity index (χ3n) is 12.3. The van der Waals surface area contributed by atoms with Crippen LogP contribution in [0.1, 0.15) is 25.0 Å². The second-order valence-electron chi connectivity index (χ2n) is 15.6. The molecule has 0 spiro atoms. The highest BCUT2D eigenvalue weighted by Crippen LogP contribution is 2.53. The van der Waals surface area contributed by atoms with E-state index in [4.69, 9.17) is 0 Å². The third kappa shape index (κ3) is 4.32. The lowest BCUT2D eigenvalue weighted by Gasteiger charge is -2.25. The Morgan fingerprint density at radius 3 is 1.31 bits per heavy atom. The number of hydrogen-bond donors (Lipinski definition) is 0. The zero-order chi connectivity index (χ0) is 36.6. The summed E-state index contributed by atoms with van der Waals surface area (Å²) in [6, 6.07) is 59.5. The second-order valence-corrected chi connectivity index (χ2v) is 20.5. The summed E-state index contributed by atoms with van der Waals surface area (Å²) < 4.78 is 21.5. The Hall–Kier alpha value is -5.57. The molecule has 1 aliphatic carbocycles. The molecule has 0 saturated carbocycles. The van der Waals surface area contributed by atoms with Gasteiger partial charge in [0.05, 0.1) is 0 Å². The predicted molar refractivity (Wildman–Crippen MR) is 242 cm³/mol. The van der Waals surface area contributed by atoms with Crippen LogP contribution in [-0.4, -0.2) is 0 Å². The molecule has 55 heavy (non-hydrogen) atoms. The molecule has 260 valence electrons. The molecule has 0 radical (unpaired) electrons. The molecule has 1 nitrogen and oxygen atoms in total. The Morgan fingerprint density at radius 1 is 0.364 bits per heavy atom. The van der Waals surface area contributed by atoms with Gasteiger partial charge in [-0.25, -0.2) is 0 Å². The minimum Gasteiger partial charge on any atom is -0.309 e. The quantitative estimate of drug-likeness (QED) is 0.130. The van der Waals surface area contributed by atoms with E-state index in [9.17, 15) is 0 Å². The highest BCUT2D eigenvalue weighted by atomic mass is 32.1. The van der Waals surface area contributed by atoms with Gasteiger partial charge in [-0.1, -0.05) is 111 Å². The van der Waals surface area contributed by atoms with Gasteiger partial charge in [0.15, 0.2) is 7.14 Å². The first-order valence-corrected chi connectivity index (χ1v) is 22.2. The number of thiophene rings is 2. The Bertz CT molecular complexity index is 3390. The normalized spacial score (nSPS) is 13.9. The molecule has 4 heteroatoms. The maximum Gasteiger partial charge on any atom is 0.171 e. The number of rotatable bonds is 3. The standard InChI is InChI=1S/C51H33OPS2/c1-51(2)45-27-32(19-22-37(45)42-28-40-35-13-5-3-11-33(35)34-12-4-6-14-36(34)41(40)29-46(42)51)53(52,30-20-23-49-43(25-30)38-15-7-9-17-47(38)54-49)31-21-24-50-44(26-31)39-16-8-10-18-48(39)55-50/h3-29H,1-2H3. The molecule has 9 aromatic carbocycles. The first kappa shape index (κ1) is 31.7. The van der Waals surface area contributed by atoms with Gasteiger partial charge < -0.3 is 4.57 Å². The zero-order valence-electron chi connectivity index (χ0n) is 30.3. The van der Waals surface area contributed by atoms with Crippen LogP contribution in [-0.2, 0) is 9.98 Å². The van der Waals surface area contributed by atoms with E-state index in [1.54, 1.807) is 22.7 Å². The monoisotopic (exact) mass is 756 g/mol. The minimum absolute atomic E-state index is 0.298. The van der Waals surface area contributed by atoms with Crippen molar-refractivity contribution < 1.29 is 4.57 Å². The molecule has 0 amide bonds. The molecule has 0 unspecified atom stereocenters. The van der Waals surface area contributed by atoms with E-state index < -0.39 is 7.14 Å². The predicted octanol–water partition coefficient (Wildman–Crippen LogP) is 13.8. The lowest BCUT2D eigenvalue weighted by atomic mass is 9.81. The first-order chi connectivity index (χ1) is 26.9. The summed E-state index contributed by atoms with van der Waals surface area (Å²) in [5.74, 6) is 0. The van der Waals surface area contributed by atoms with E-state index in [2.05, 4.69) is 178 Å². The summed E-state index contributed by atoms with van der Waals surface area (Å²) in [6.45, 7) is 4.68. The van der Waals surface area contributed by atoms with Crippen molar-refractivity contribution in [3.8, 4) is 11.1 Å². The molecular formula is C51H33OPS2. The van der Waals surface area contributed by atoms with Gasteiger partial charge in [-0.2, -0.15) is 0 Å². The SMILES string of the molecule is CC1(C)c2cc(P(=O)(c3ccc4sc5ccccc5c4c3)c3ccc4sc5ccccc5c4c3)ccc2-c2cc3c4ccccc4c4ccccc4c3cc21. The van der Waals surface area contributed by atoms with E-state index in [1.807, 2.05) is 0 Å². The van der Waals surface area contributed by atoms with Gasteiger partial charge >= 0.3 is 0 Å². The van der Waals surface area contributed by atoms with Crippen LogP contribution < -0.4 is 15.9 Å². The number of hydrogen-bond acceptors (Lipinski definition) is 3. The molecule has 0 aliphatic heterocycles. The molecule has 0 N–H and O–H groups in total. The molecule has 0 atom stereocenters. The maximum atomic E-state index is 16.6. The summed E-state index contributed by atoms with van der Waals surface area (Å²) in [5, 5.41) is 15.1. The van der Waals surface area contributed by atoms with Gasteiger partial charge in [-0.3, -0.25) is 0 Å². The third-order valence-corrected chi connectivity index (χ3v) is 17.7. The summed E-state index contributed by atoms with van der Waals surface area (Å²) in [7, 11) is -3.38. The second kappa shape index (κ2) is 11.2. The summed E-state index contributed by atoms with van der Waals surface area (Å²) >= 11 is 3.60. The topological polar surface area (TPSA) is 17.1 Å². The van der Waals surface area contributed by atoms with Gasteiger partial charge in [0, 0.05) is 61.7 Å². The molecule has 0 bridgehead atoms. The van der Waals surface area contributed by atoms with Crippen molar-refractivity contribution >= 4 is 118 Å². The van der Waals surface area contributed by atoms with Gasteiger partial charge in [-0.05, 0) is 121 Å². The van der Waals surface area contributed by atoms with Crippen LogP contribution >= 0.6 is 29.8 Å². The summed E-state index contributed by atoms with van der Waals surface area (Å²) in [5.41, 5.74) is 4.75. The molecule has 0 fully saturated rings. The zero-order valence-corrected chi connectivity index (χ0v) is 32.8. The largest absolute Gasteiger partial charge is 0.309 e.